The number of alkyl halides is 3. The summed E-state index contributed by atoms with van der Waals surface area (Å²) in [4.78, 5) is 13.5. The van der Waals surface area contributed by atoms with Gasteiger partial charge in [0.05, 0.1) is 6.54 Å². The number of hydrogen-bond acceptors (Lipinski definition) is 3. The van der Waals surface area contributed by atoms with Crippen LogP contribution < -0.4 is 0 Å². The molecule has 0 aliphatic carbocycles. The van der Waals surface area contributed by atoms with Crippen LogP contribution in [0.25, 0.3) is 0 Å². The number of nitrogens with zero attached hydrogens (tertiary/aromatic N) is 4. The maximum atomic E-state index is 13.6. The number of halogens is 7. The Hall–Kier alpha value is -2.56. The Morgan fingerprint density at radius 2 is 1.79 bits per heavy atom. The van der Waals surface area contributed by atoms with Crippen LogP contribution in [0.2, 0.25) is 0 Å². The summed E-state index contributed by atoms with van der Waals surface area (Å²) in [5, 5.41) is 6.40. The smallest absolute Gasteiger partial charge is 0.330 e. The van der Waals surface area contributed by atoms with E-state index in [1.807, 2.05) is 0 Å². The first-order valence-electron chi connectivity index (χ1n) is 7.84. The minimum atomic E-state index is -4.66. The summed E-state index contributed by atoms with van der Waals surface area (Å²) < 4.78 is 79.1. The quantitative estimate of drug-likeness (QED) is 0.431. The van der Waals surface area contributed by atoms with E-state index in [9.17, 15) is 31.1 Å². The van der Waals surface area contributed by atoms with Crippen molar-refractivity contribution in [1.82, 2.24) is 19.7 Å². The highest BCUT2D eigenvalue weighted by Crippen LogP contribution is 2.29. The fraction of sp³-hybridized carbons (Fsp3) is 0.312. The zero-order valence-corrected chi connectivity index (χ0v) is 14.7. The van der Waals surface area contributed by atoms with Gasteiger partial charge in [-0.3, -0.25) is 4.79 Å². The molecule has 2 aromatic rings. The Morgan fingerprint density at radius 3 is 2.46 bits per heavy atom. The molecule has 0 N–H and O–H groups in total. The zero-order valence-electron chi connectivity index (χ0n) is 13.9. The highest BCUT2D eigenvalue weighted by atomic mass is 35.5. The van der Waals surface area contributed by atoms with Crippen molar-refractivity contribution in [2.75, 3.05) is 6.54 Å². The van der Waals surface area contributed by atoms with Crippen molar-refractivity contribution < 1.29 is 31.1 Å². The van der Waals surface area contributed by atoms with Gasteiger partial charge in [0.1, 0.15) is 5.82 Å². The molecular weight excluding hydrogens is 414 g/mol. The first kappa shape index (κ1) is 20.2. The molecule has 1 aliphatic heterocycles. The van der Waals surface area contributed by atoms with E-state index in [0.29, 0.717) is 12.1 Å². The lowest BCUT2D eigenvalue weighted by Crippen LogP contribution is -2.38. The lowest BCUT2D eigenvalue weighted by atomic mass is 10.1. The van der Waals surface area contributed by atoms with Crippen LogP contribution in [-0.2, 0) is 30.5 Å². The third-order valence-electron chi connectivity index (χ3n) is 4.05. The number of carbonyl (C=O) groups is 1. The summed E-state index contributed by atoms with van der Waals surface area (Å²) in [6.07, 6.45) is -4.08. The first-order valence-corrected chi connectivity index (χ1v) is 8.21. The second-order valence-corrected chi connectivity index (χ2v) is 6.46. The number of rotatable bonds is 3. The van der Waals surface area contributed by atoms with Crippen LogP contribution in [0.3, 0.4) is 0 Å². The summed E-state index contributed by atoms with van der Waals surface area (Å²) >= 11 is 5.91. The summed E-state index contributed by atoms with van der Waals surface area (Å²) in [5.41, 5.74) is -0.249. The third-order valence-corrected chi connectivity index (χ3v) is 4.29. The lowest BCUT2D eigenvalue weighted by Gasteiger charge is -2.27. The van der Waals surface area contributed by atoms with Crippen LogP contribution in [-0.4, -0.2) is 32.1 Å². The first-order chi connectivity index (χ1) is 13.1. The third kappa shape index (κ3) is 4.13. The molecule has 1 amide bonds. The van der Waals surface area contributed by atoms with E-state index in [-0.39, 0.29) is 42.5 Å². The molecule has 0 atom stereocenters. The van der Waals surface area contributed by atoms with E-state index in [2.05, 4.69) is 10.2 Å². The number of allylic oxidation sites excluding steroid dienone is 1. The number of aromatic nitrogens is 3. The molecule has 0 fully saturated rings. The SMILES string of the molecule is O=C(/C=C(\Cl)Cc1cc(F)c(F)cc1F)N1CCn2c(nnc2C(F)(F)F)C1. The molecular formula is C16H11ClF6N4O. The van der Waals surface area contributed by atoms with Crippen molar-refractivity contribution in [3.05, 3.63) is 57.9 Å². The van der Waals surface area contributed by atoms with Gasteiger partial charge in [0, 0.05) is 36.7 Å². The number of hydrogen-bond donors (Lipinski definition) is 0. The van der Waals surface area contributed by atoms with Crippen LogP contribution in [0.4, 0.5) is 26.3 Å². The van der Waals surface area contributed by atoms with Crippen molar-refractivity contribution in [1.29, 1.82) is 0 Å². The minimum absolute atomic E-state index is 0.0388. The van der Waals surface area contributed by atoms with Crippen LogP contribution in [0.1, 0.15) is 17.2 Å². The van der Waals surface area contributed by atoms with Crippen molar-refractivity contribution in [3.63, 3.8) is 0 Å². The summed E-state index contributed by atoms with van der Waals surface area (Å²) in [6, 6.07) is 1.000. The zero-order chi connectivity index (χ0) is 20.6. The largest absolute Gasteiger partial charge is 0.451 e. The average Bonchev–Trinajstić information content (AvgIpc) is 3.03. The van der Waals surface area contributed by atoms with Gasteiger partial charge in [0.2, 0.25) is 11.7 Å². The van der Waals surface area contributed by atoms with Crippen LogP contribution in [0.5, 0.6) is 0 Å². The van der Waals surface area contributed by atoms with Crippen LogP contribution >= 0.6 is 11.6 Å². The second kappa shape index (κ2) is 7.46. The Labute approximate surface area is 159 Å². The number of benzene rings is 1. The fourth-order valence-corrected chi connectivity index (χ4v) is 2.95. The summed E-state index contributed by atoms with van der Waals surface area (Å²) in [5.74, 6) is -5.46. The van der Waals surface area contributed by atoms with Crippen LogP contribution in [0, 0.1) is 17.5 Å². The van der Waals surface area contributed by atoms with Crippen molar-refractivity contribution >= 4 is 17.5 Å². The van der Waals surface area contributed by atoms with E-state index in [0.717, 1.165) is 10.6 Å². The molecule has 0 radical (unpaired) electrons. The number of fused-ring (bicyclic) bond motifs is 1. The molecule has 1 aromatic carbocycles. The second-order valence-electron chi connectivity index (χ2n) is 5.97. The molecule has 1 aromatic heterocycles. The Morgan fingerprint density at radius 1 is 1.11 bits per heavy atom. The standard InChI is InChI=1S/C16H11ClF6N4O/c17-9(3-8-4-11(19)12(20)6-10(8)18)5-14(28)26-1-2-27-13(7-26)24-25-15(27)16(21,22)23/h4-6H,1-3,7H2/b9-5-. The molecule has 12 heteroatoms. The molecule has 1 aliphatic rings. The van der Waals surface area contributed by atoms with Crippen molar-refractivity contribution in [2.45, 2.75) is 25.7 Å². The molecule has 5 nitrogen and oxygen atoms in total. The van der Waals surface area contributed by atoms with Gasteiger partial charge >= 0.3 is 6.18 Å². The van der Waals surface area contributed by atoms with Gasteiger partial charge in [-0.2, -0.15) is 13.2 Å². The highest BCUT2D eigenvalue weighted by Gasteiger charge is 2.39. The average molecular weight is 425 g/mol. The van der Waals surface area contributed by atoms with Gasteiger partial charge < -0.3 is 9.47 Å². The van der Waals surface area contributed by atoms with Crippen LogP contribution in [0.15, 0.2) is 23.2 Å². The van der Waals surface area contributed by atoms with E-state index in [1.165, 1.54) is 4.90 Å². The fourth-order valence-electron chi connectivity index (χ4n) is 2.71. The molecule has 0 saturated heterocycles. The van der Waals surface area contributed by atoms with Gasteiger partial charge in [0.15, 0.2) is 17.5 Å². The van der Waals surface area contributed by atoms with Gasteiger partial charge in [-0.25, -0.2) is 13.2 Å². The predicted octanol–water partition coefficient (Wildman–Crippen LogP) is 3.42. The molecule has 2 heterocycles. The number of carbonyl (C=O) groups excluding carboxylic acids is 1. The molecule has 28 heavy (non-hydrogen) atoms. The van der Waals surface area contributed by atoms with Crippen molar-refractivity contribution in [3.8, 4) is 0 Å². The van der Waals surface area contributed by atoms with E-state index in [1.54, 1.807) is 0 Å². The maximum Gasteiger partial charge on any atom is 0.451 e. The summed E-state index contributed by atoms with van der Waals surface area (Å²) in [6.45, 7) is -0.429. The Kier molecular flexibility index (Phi) is 5.37. The van der Waals surface area contributed by atoms with Gasteiger partial charge in [-0.05, 0) is 11.6 Å². The van der Waals surface area contributed by atoms with Crippen molar-refractivity contribution in [2.24, 2.45) is 0 Å². The Bertz CT molecular complexity index is 955. The van der Waals surface area contributed by atoms with E-state index >= 15 is 0 Å². The van der Waals surface area contributed by atoms with E-state index < -0.39 is 35.4 Å². The number of amides is 1. The molecule has 0 spiro atoms. The molecule has 0 bridgehead atoms. The molecule has 3 rings (SSSR count). The van der Waals surface area contributed by atoms with Gasteiger partial charge in [-0.1, -0.05) is 11.6 Å². The lowest BCUT2D eigenvalue weighted by molar-refractivity contribution is -0.148. The van der Waals surface area contributed by atoms with Gasteiger partial charge in [-0.15, -0.1) is 10.2 Å². The topological polar surface area (TPSA) is 51.0 Å². The highest BCUT2D eigenvalue weighted by molar-refractivity contribution is 6.31. The molecule has 0 saturated carbocycles. The normalized spacial score (nSPS) is 15.0. The minimum Gasteiger partial charge on any atom is -0.330 e. The molecule has 150 valence electrons. The summed E-state index contributed by atoms with van der Waals surface area (Å²) in [7, 11) is 0. The predicted molar refractivity (Wildman–Crippen MR) is 84.4 cm³/mol. The monoisotopic (exact) mass is 424 g/mol. The molecule has 0 unspecified atom stereocenters. The van der Waals surface area contributed by atoms with Gasteiger partial charge in [0.25, 0.3) is 0 Å². The Balaban J connectivity index is 1.71. The maximum absolute atomic E-state index is 13.6. The van der Waals surface area contributed by atoms with E-state index in [4.69, 9.17) is 11.6 Å².